The van der Waals surface area contributed by atoms with Crippen LogP contribution in [0, 0.1) is 19.3 Å². The van der Waals surface area contributed by atoms with Gasteiger partial charge in [0.15, 0.2) is 0 Å². The van der Waals surface area contributed by atoms with Crippen LogP contribution in [0.2, 0.25) is 5.02 Å². The van der Waals surface area contributed by atoms with Gasteiger partial charge in [-0.2, -0.15) is 0 Å². The van der Waals surface area contributed by atoms with Crippen molar-refractivity contribution < 1.29 is 15.0 Å². The number of anilines is 1. The van der Waals surface area contributed by atoms with Gasteiger partial charge in [-0.3, -0.25) is 10.2 Å². The molecule has 0 aliphatic carbocycles. The van der Waals surface area contributed by atoms with Crippen LogP contribution in [0.4, 0.5) is 5.69 Å². The van der Waals surface area contributed by atoms with Crippen LogP contribution in [0.1, 0.15) is 37.6 Å². The number of benzene rings is 2. The Hall–Kier alpha value is -2.83. The number of carboxylic acids is 1. The fourth-order valence-electron chi connectivity index (χ4n) is 4.20. The van der Waals surface area contributed by atoms with Crippen LogP contribution in [-0.2, 0) is 17.8 Å². The van der Waals surface area contributed by atoms with E-state index in [2.05, 4.69) is 17.6 Å². The predicted molar refractivity (Wildman–Crippen MR) is 131 cm³/mol. The molecular weight excluding hydrogens is 426 g/mol. The number of carboxylic acid groups (broad SMARTS) is 1. The molecule has 4 rings (SSSR count). The van der Waals surface area contributed by atoms with Crippen molar-refractivity contribution in [1.29, 1.82) is 5.41 Å². The van der Waals surface area contributed by atoms with Crippen molar-refractivity contribution in [3.63, 3.8) is 0 Å². The highest BCUT2D eigenvalue weighted by molar-refractivity contribution is 6.30. The van der Waals surface area contributed by atoms with Crippen molar-refractivity contribution in [2.75, 3.05) is 11.4 Å². The van der Waals surface area contributed by atoms with Gasteiger partial charge in [0.25, 0.3) is 0 Å². The average Bonchev–Trinajstić information content (AvgIpc) is 3.02. The van der Waals surface area contributed by atoms with Gasteiger partial charge in [0.05, 0.1) is 29.6 Å². The van der Waals surface area contributed by atoms with Gasteiger partial charge in [0.1, 0.15) is 0 Å². The third-order valence-electron chi connectivity index (χ3n) is 5.38. The number of nitrogens with zero attached hydrogens (tertiary/aromatic N) is 2. The van der Waals surface area contributed by atoms with E-state index in [1.54, 1.807) is 20.8 Å². The van der Waals surface area contributed by atoms with Crippen molar-refractivity contribution in [1.82, 2.24) is 4.57 Å². The Labute approximate surface area is 193 Å². The number of aryl methyl sites for hydroxylation is 1. The zero-order chi connectivity index (χ0) is 23.8. The van der Waals surface area contributed by atoms with E-state index >= 15 is 0 Å². The smallest absolute Gasteiger partial charge is 0.307 e. The number of rotatable bonds is 4. The summed E-state index contributed by atoms with van der Waals surface area (Å²) in [6.07, 6.45) is 1.27. The van der Waals surface area contributed by atoms with Gasteiger partial charge in [-0.25, -0.2) is 0 Å². The Morgan fingerprint density at radius 1 is 1.19 bits per heavy atom. The van der Waals surface area contributed by atoms with Gasteiger partial charge in [-0.15, -0.1) is 0 Å². The maximum Gasteiger partial charge on any atom is 0.307 e. The summed E-state index contributed by atoms with van der Waals surface area (Å²) in [6, 6.07) is 9.66. The van der Waals surface area contributed by atoms with Gasteiger partial charge in [0, 0.05) is 29.2 Å². The molecule has 0 bridgehead atoms. The topological polar surface area (TPSA) is 89.6 Å². The standard InChI is InChI=1S/C21H20ClN3O2.C4H10O/c1-12-9-17-19(14-3-5-15(22)6-4-14)16(10-18(26)27)13(2)20-21(17)25(12)8-7-24(20)11-23;1-4(2,3)5/h3-6,9,11,23H,7-8,10H2,1-2H3,(H,26,27);5H,1-3H3. The molecule has 2 heterocycles. The number of aliphatic hydroxyl groups is 1. The predicted octanol–water partition coefficient (Wildman–Crippen LogP) is 5.41. The second kappa shape index (κ2) is 8.96. The minimum Gasteiger partial charge on any atom is -0.481 e. The molecule has 0 amide bonds. The van der Waals surface area contributed by atoms with Crippen LogP contribution in [0.25, 0.3) is 22.0 Å². The summed E-state index contributed by atoms with van der Waals surface area (Å²) in [6.45, 7) is 10.8. The molecule has 6 nitrogen and oxygen atoms in total. The summed E-state index contributed by atoms with van der Waals surface area (Å²) < 4.78 is 2.27. The minimum atomic E-state index is -0.867. The SMILES string of the molecule is CC(C)(C)O.Cc1c(CC(=O)O)c(-c2ccc(Cl)cc2)c2cc(C)n3c2c1N(C=N)CC3. The number of aliphatic carboxylic acids is 1. The Morgan fingerprint density at radius 2 is 1.78 bits per heavy atom. The van der Waals surface area contributed by atoms with Crippen molar-refractivity contribution in [2.45, 2.75) is 53.2 Å². The first kappa shape index (κ1) is 23.8. The molecule has 3 aromatic rings. The first-order valence-electron chi connectivity index (χ1n) is 10.5. The molecule has 32 heavy (non-hydrogen) atoms. The van der Waals surface area contributed by atoms with E-state index in [-0.39, 0.29) is 6.42 Å². The molecule has 1 aliphatic heterocycles. The van der Waals surface area contributed by atoms with E-state index < -0.39 is 11.6 Å². The molecule has 0 atom stereocenters. The number of aromatic nitrogens is 1. The van der Waals surface area contributed by atoms with E-state index in [0.29, 0.717) is 11.6 Å². The number of nitrogens with one attached hydrogen (secondary N) is 1. The summed E-state index contributed by atoms with van der Waals surface area (Å²) in [5.41, 5.74) is 6.24. The van der Waals surface area contributed by atoms with Crippen LogP contribution in [-0.4, -0.2) is 39.2 Å². The van der Waals surface area contributed by atoms with Gasteiger partial charge < -0.3 is 19.7 Å². The fourth-order valence-corrected chi connectivity index (χ4v) is 4.33. The quantitative estimate of drug-likeness (QED) is 0.362. The van der Waals surface area contributed by atoms with E-state index in [0.717, 1.165) is 51.1 Å². The summed E-state index contributed by atoms with van der Waals surface area (Å²) in [5.74, 6) is -0.867. The van der Waals surface area contributed by atoms with Gasteiger partial charge in [0.2, 0.25) is 0 Å². The molecule has 7 heteroatoms. The molecular formula is C25H30ClN3O3. The lowest BCUT2D eigenvalue weighted by atomic mass is 9.89. The largest absolute Gasteiger partial charge is 0.481 e. The first-order valence-corrected chi connectivity index (χ1v) is 10.9. The van der Waals surface area contributed by atoms with Crippen molar-refractivity contribution in [3.05, 3.63) is 52.2 Å². The Kier molecular flexibility index (Phi) is 6.67. The van der Waals surface area contributed by atoms with Crippen LogP contribution in [0.5, 0.6) is 0 Å². The molecule has 1 aromatic heterocycles. The van der Waals surface area contributed by atoms with Crippen molar-refractivity contribution in [3.8, 4) is 11.1 Å². The van der Waals surface area contributed by atoms with Gasteiger partial charge >= 0.3 is 5.97 Å². The molecule has 2 aromatic carbocycles. The molecule has 0 saturated carbocycles. The second-order valence-corrected chi connectivity index (χ2v) is 9.53. The Bertz CT molecular complexity index is 1170. The van der Waals surface area contributed by atoms with Gasteiger partial charge in [-0.1, -0.05) is 23.7 Å². The van der Waals surface area contributed by atoms with E-state index in [1.807, 2.05) is 36.1 Å². The molecule has 3 N–H and O–H groups in total. The molecule has 170 valence electrons. The van der Waals surface area contributed by atoms with Crippen molar-refractivity contribution in [2.24, 2.45) is 0 Å². The lowest BCUT2D eigenvalue weighted by Crippen LogP contribution is -2.31. The molecule has 0 saturated heterocycles. The molecule has 0 radical (unpaired) electrons. The minimum absolute atomic E-state index is 0.0667. The Balaban J connectivity index is 0.000000523. The van der Waals surface area contributed by atoms with Crippen LogP contribution < -0.4 is 4.90 Å². The fraction of sp³-hybridized carbons (Fsp3) is 0.360. The number of halogens is 1. The molecule has 0 spiro atoms. The van der Waals surface area contributed by atoms with Crippen LogP contribution in [0.3, 0.4) is 0 Å². The summed E-state index contributed by atoms with van der Waals surface area (Å²) >= 11 is 6.07. The number of hydrogen-bond donors (Lipinski definition) is 3. The highest BCUT2D eigenvalue weighted by atomic mass is 35.5. The van der Waals surface area contributed by atoms with E-state index in [9.17, 15) is 9.90 Å². The van der Waals surface area contributed by atoms with Crippen LogP contribution >= 0.6 is 11.6 Å². The third kappa shape index (κ3) is 4.81. The molecule has 0 fully saturated rings. The maximum absolute atomic E-state index is 11.6. The lowest BCUT2D eigenvalue weighted by molar-refractivity contribution is -0.136. The van der Waals surface area contributed by atoms with Crippen LogP contribution in [0.15, 0.2) is 30.3 Å². The number of hydrogen-bond acceptors (Lipinski definition) is 3. The monoisotopic (exact) mass is 455 g/mol. The summed E-state index contributed by atoms with van der Waals surface area (Å²) in [5, 5.41) is 27.6. The zero-order valence-corrected chi connectivity index (χ0v) is 19.9. The number of carbonyl (C=O) groups is 1. The van der Waals surface area contributed by atoms with E-state index in [4.69, 9.17) is 22.1 Å². The molecule has 0 unspecified atom stereocenters. The second-order valence-electron chi connectivity index (χ2n) is 9.10. The van der Waals surface area contributed by atoms with E-state index in [1.165, 1.54) is 6.34 Å². The maximum atomic E-state index is 11.6. The normalized spacial score (nSPS) is 13.0. The molecule has 1 aliphatic rings. The van der Waals surface area contributed by atoms with Crippen molar-refractivity contribution >= 4 is 40.5 Å². The Morgan fingerprint density at radius 3 is 2.31 bits per heavy atom. The first-order chi connectivity index (χ1) is 14.9. The summed E-state index contributed by atoms with van der Waals surface area (Å²) in [7, 11) is 0. The third-order valence-corrected chi connectivity index (χ3v) is 5.63. The average molecular weight is 456 g/mol. The highest BCUT2D eigenvalue weighted by Gasteiger charge is 2.28. The highest BCUT2D eigenvalue weighted by Crippen LogP contribution is 2.44. The summed E-state index contributed by atoms with van der Waals surface area (Å²) in [4.78, 5) is 13.6. The zero-order valence-electron chi connectivity index (χ0n) is 19.2. The lowest BCUT2D eigenvalue weighted by Gasteiger charge is -2.31. The van der Waals surface area contributed by atoms with Gasteiger partial charge in [-0.05, 0) is 75.1 Å².